The van der Waals surface area contributed by atoms with E-state index in [4.69, 9.17) is 16.9 Å². The minimum absolute atomic E-state index is 0.107. The van der Waals surface area contributed by atoms with Gasteiger partial charge in [-0.1, -0.05) is 0 Å². The number of hydrogen-bond donors (Lipinski definition) is 5. The molecule has 0 atom stereocenters. The van der Waals surface area contributed by atoms with Gasteiger partial charge in [-0.15, -0.1) is 0 Å². The molecule has 0 aliphatic carbocycles. The summed E-state index contributed by atoms with van der Waals surface area (Å²) in [5.41, 5.74) is 12.2. The Bertz CT molecular complexity index is 655. The molecule has 21 heavy (non-hydrogen) atoms. The van der Waals surface area contributed by atoms with Crippen molar-refractivity contribution < 1.29 is 4.79 Å². The number of hydrogen-bond acceptors (Lipinski definition) is 8. The topological polar surface area (TPSA) is 161 Å². The lowest BCUT2D eigenvalue weighted by Gasteiger charge is -2.06. The lowest BCUT2D eigenvalue weighted by atomic mass is 10.3. The molecule has 2 aromatic rings. The first-order chi connectivity index (χ1) is 10.0. The fourth-order valence-electron chi connectivity index (χ4n) is 1.58. The Kier molecular flexibility index (Phi) is 3.97. The first-order valence-electron chi connectivity index (χ1n) is 5.97. The molecule has 0 fully saturated rings. The maximum absolute atomic E-state index is 11.2. The van der Waals surface area contributed by atoms with Crippen LogP contribution in [0.25, 0.3) is 0 Å². The normalized spacial score (nSPS) is 10.1. The lowest BCUT2D eigenvalue weighted by Crippen LogP contribution is -2.23. The summed E-state index contributed by atoms with van der Waals surface area (Å²) >= 11 is 0. The maximum atomic E-state index is 11.2. The molecular weight excluding hydrogens is 274 g/mol. The molecule has 0 saturated carbocycles. The molecule has 2 heterocycles. The number of anilines is 4. The van der Waals surface area contributed by atoms with E-state index >= 15 is 0 Å². The predicted molar refractivity (Wildman–Crippen MR) is 78.3 cm³/mol. The van der Waals surface area contributed by atoms with Crippen LogP contribution in [0.5, 0.6) is 0 Å². The molecule has 0 unspecified atom stereocenters. The highest BCUT2D eigenvalue weighted by Gasteiger charge is 2.09. The highest BCUT2D eigenvalue weighted by atomic mass is 16.1. The number of nitrogen functional groups attached to an aromatic ring is 2. The Morgan fingerprint density at radius 1 is 1.43 bits per heavy atom. The summed E-state index contributed by atoms with van der Waals surface area (Å²) in [7, 11) is 1.55. The number of amides is 1. The van der Waals surface area contributed by atoms with Crippen molar-refractivity contribution >= 4 is 35.4 Å². The van der Waals surface area contributed by atoms with Crippen molar-refractivity contribution in [2.75, 3.05) is 23.8 Å². The maximum Gasteiger partial charge on any atom is 0.241 e. The Hall–Kier alpha value is -3.17. The third-order valence-corrected chi connectivity index (χ3v) is 2.62. The van der Waals surface area contributed by atoms with Gasteiger partial charge in [0.25, 0.3) is 0 Å². The van der Waals surface area contributed by atoms with Gasteiger partial charge in [-0.3, -0.25) is 9.48 Å². The summed E-state index contributed by atoms with van der Waals surface area (Å²) in [5.74, 6) is 0.246. The molecule has 0 aliphatic heterocycles. The van der Waals surface area contributed by atoms with Crippen LogP contribution in [0.1, 0.15) is 5.56 Å². The molecule has 0 radical (unpaired) electrons. The van der Waals surface area contributed by atoms with Gasteiger partial charge in [0, 0.05) is 19.5 Å². The molecule has 2 aromatic heterocycles. The average molecular weight is 289 g/mol. The van der Waals surface area contributed by atoms with E-state index in [9.17, 15) is 4.79 Å². The second-order valence-corrected chi connectivity index (χ2v) is 4.10. The number of rotatable bonds is 5. The van der Waals surface area contributed by atoms with Crippen molar-refractivity contribution in [2.24, 2.45) is 0 Å². The zero-order chi connectivity index (χ0) is 15.4. The molecule has 2 rings (SSSR count). The number of nitrogens with two attached hydrogens (primary N) is 2. The van der Waals surface area contributed by atoms with E-state index in [1.165, 1.54) is 10.9 Å². The smallest absolute Gasteiger partial charge is 0.241 e. The molecule has 0 bridgehead atoms. The summed E-state index contributed by atoms with van der Waals surface area (Å²) in [6, 6.07) is 0. The number of aromatic nitrogens is 4. The van der Waals surface area contributed by atoms with Gasteiger partial charge in [0.15, 0.2) is 0 Å². The fraction of sp³-hybridized carbons (Fsp3) is 0.182. The SMILES string of the molecule is CNC(=O)Cn1cc(Nc2nc(N)c(C=N)c(N)n2)cn1. The van der Waals surface area contributed by atoms with Crippen LogP contribution in [0.2, 0.25) is 0 Å². The van der Waals surface area contributed by atoms with Crippen molar-refractivity contribution in [3.63, 3.8) is 0 Å². The Morgan fingerprint density at radius 2 is 2.10 bits per heavy atom. The van der Waals surface area contributed by atoms with E-state index in [0.717, 1.165) is 6.21 Å². The van der Waals surface area contributed by atoms with E-state index < -0.39 is 0 Å². The standard InChI is InChI=1S/C11H15N9O/c1-15-8(21)5-20-4-6(3-16-20)17-11-18-9(13)7(2-12)10(14)19-11/h2-4,12H,5H2,1H3,(H,15,21)(H5,13,14,17,18,19). The number of nitrogens with zero attached hydrogens (tertiary/aromatic N) is 4. The van der Waals surface area contributed by atoms with Crippen LogP contribution in [-0.2, 0) is 11.3 Å². The van der Waals surface area contributed by atoms with E-state index in [1.807, 2.05) is 0 Å². The van der Waals surface area contributed by atoms with E-state index in [-0.39, 0.29) is 35.6 Å². The summed E-state index contributed by atoms with van der Waals surface area (Å²) in [5, 5.41) is 16.6. The number of carbonyl (C=O) groups is 1. The summed E-state index contributed by atoms with van der Waals surface area (Å²) < 4.78 is 1.46. The molecule has 0 aromatic carbocycles. The zero-order valence-electron chi connectivity index (χ0n) is 11.3. The Labute approximate surface area is 120 Å². The highest BCUT2D eigenvalue weighted by molar-refractivity contribution is 5.89. The zero-order valence-corrected chi connectivity index (χ0v) is 11.3. The predicted octanol–water partition coefficient (Wildman–Crippen LogP) is -0.675. The quantitative estimate of drug-likeness (QED) is 0.456. The summed E-state index contributed by atoms with van der Waals surface area (Å²) in [6.07, 6.45) is 4.13. The first kappa shape index (κ1) is 14.2. The highest BCUT2D eigenvalue weighted by Crippen LogP contribution is 2.18. The van der Waals surface area contributed by atoms with Gasteiger partial charge in [-0.2, -0.15) is 15.1 Å². The van der Waals surface area contributed by atoms with Crippen LogP contribution in [0, 0.1) is 5.41 Å². The van der Waals surface area contributed by atoms with Gasteiger partial charge in [-0.05, 0) is 0 Å². The molecule has 10 heteroatoms. The van der Waals surface area contributed by atoms with Crippen molar-refractivity contribution in [2.45, 2.75) is 6.54 Å². The molecular formula is C11H15N9O. The van der Waals surface area contributed by atoms with Gasteiger partial charge in [0.2, 0.25) is 11.9 Å². The van der Waals surface area contributed by atoms with Crippen molar-refractivity contribution in [1.82, 2.24) is 25.1 Å². The largest absolute Gasteiger partial charge is 0.383 e. The van der Waals surface area contributed by atoms with Crippen LogP contribution in [-0.4, -0.2) is 38.9 Å². The minimum atomic E-state index is -0.162. The molecule has 7 N–H and O–H groups in total. The molecule has 10 nitrogen and oxygen atoms in total. The second-order valence-electron chi connectivity index (χ2n) is 4.10. The lowest BCUT2D eigenvalue weighted by molar-refractivity contribution is -0.121. The monoisotopic (exact) mass is 289 g/mol. The molecule has 0 spiro atoms. The van der Waals surface area contributed by atoms with Crippen LogP contribution in [0.3, 0.4) is 0 Å². The average Bonchev–Trinajstić information content (AvgIpc) is 2.85. The van der Waals surface area contributed by atoms with Gasteiger partial charge in [-0.25, -0.2) is 0 Å². The second kappa shape index (κ2) is 5.86. The van der Waals surface area contributed by atoms with Crippen molar-refractivity contribution in [3.05, 3.63) is 18.0 Å². The van der Waals surface area contributed by atoms with E-state index in [2.05, 4.69) is 25.7 Å². The van der Waals surface area contributed by atoms with Crippen LogP contribution in [0.15, 0.2) is 12.4 Å². The van der Waals surface area contributed by atoms with Crippen LogP contribution in [0.4, 0.5) is 23.3 Å². The minimum Gasteiger partial charge on any atom is -0.383 e. The number of carbonyl (C=O) groups excluding carboxylic acids is 1. The van der Waals surface area contributed by atoms with Gasteiger partial charge in [0.1, 0.15) is 18.2 Å². The third kappa shape index (κ3) is 3.23. The molecule has 110 valence electrons. The fourth-order valence-corrected chi connectivity index (χ4v) is 1.58. The van der Waals surface area contributed by atoms with Crippen LogP contribution >= 0.6 is 0 Å². The van der Waals surface area contributed by atoms with Crippen LogP contribution < -0.4 is 22.1 Å². The summed E-state index contributed by atoms with van der Waals surface area (Å²) in [4.78, 5) is 19.2. The molecule has 1 amide bonds. The third-order valence-electron chi connectivity index (χ3n) is 2.62. The van der Waals surface area contributed by atoms with Crippen molar-refractivity contribution in [3.8, 4) is 0 Å². The van der Waals surface area contributed by atoms with Gasteiger partial charge in [0.05, 0.1) is 17.4 Å². The Morgan fingerprint density at radius 3 is 2.67 bits per heavy atom. The van der Waals surface area contributed by atoms with Crippen molar-refractivity contribution in [1.29, 1.82) is 5.41 Å². The summed E-state index contributed by atoms with van der Waals surface area (Å²) in [6.45, 7) is 0.107. The van der Waals surface area contributed by atoms with Gasteiger partial charge >= 0.3 is 0 Å². The van der Waals surface area contributed by atoms with Gasteiger partial charge < -0.3 is 27.5 Å². The molecule has 0 aliphatic rings. The first-order valence-corrected chi connectivity index (χ1v) is 5.97. The number of likely N-dealkylation sites (N-methyl/N-ethyl adjacent to an activating group) is 1. The number of nitrogens with one attached hydrogen (secondary N) is 3. The Balaban J connectivity index is 2.15. The van der Waals surface area contributed by atoms with E-state index in [0.29, 0.717) is 5.69 Å². The van der Waals surface area contributed by atoms with E-state index in [1.54, 1.807) is 13.2 Å². The molecule has 0 saturated heterocycles.